The highest BCUT2D eigenvalue weighted by molar-refractivity contribution is 14.1. The van der Waals surface area contributed by atoms with Gasteiger partial charge in [0.05, 0.1) is 9.26 Å². The standard InChI is InChI=1S/C14H22IN3/c1-4-16-14-12(15)11(8-9(2)3)17-13(18-14)10-6-5-7-10/h9-10H,4-8H2,1-3H3,(H,16,17,18). The molecular weight excluding hydrogens is 337 g/mol. The van der Waals surface area contributed by atoms with E-state index in [-0.39, 0.29) is 0 Å². The van der Waals surface area contributed by atoms with E-state index in [9.17, 15) is 0 Å². The summed E-state index contributed by atoms with van der Waals surface area (Å²) in [6, 6.07) is 0. The van der Waals surface area contributed by atoms with E-state index < -0.39 is 0 Å². The lowest BCUT2D eigenvalue weighted by atomic mass is 9.85. The molecule has 1 N–H and O–H groups in total. The number of hydrogen-bond acceptors (Lipinski definition) is 3. The molecule has 0 unspecified atom stereocenters. The number of hydrogen-bond donors (Lipinski definition) is 1. The molecule has 0 saturated heterocycles. The van der Waals surface area contributed by atoms with Crippen molar-refractivity contribution in [2.45, 2.75) is 52.4 Å². The summed E-state index contributed by atoms with van der Waals surface area (Å²) in [6.45, 7) is 7.52. The van der Waals surface area contributed by atoms with Crippen LogP contribution in [0.3, 0.4) is 0 Å². The fourth-order valence-corrected chi connectivity index (χ4v) is 2.82. The molecule has 4 heteroatoms. The highest BCUT2D eigenvalue weighted by Crippen LogP contribution is 2.36. The first-order valence-corrected chi connectivity index (χ1v) is 7.99. The van der Waals surface area contributed by atoms with E-state index in [4.69, 9.17) is 9.97 Å². The van der Waals surface area contributed by atoms with Crippen LogP contribution in [-0.2, 0) is 6.42 Å². The third kappa shape index (κ3) is 3.13. The van der Waals surface area contributed by atoms with Crippen LogP contribution in [0.2, 0.25) is 0 Å². The minimum absolute atomic E-state index is 0.602. The van der Waals surface area contributed by atoms with E-state index >= 15 is 0 Å². The molecule has 1 saturated carbocycles. The second-order valence-corrected chi connectivity index (χ2v) is 6.53. The SMILES string of the molecule is CCNc1nc(C2CCC2)nc(CC(C)C)c1I. The molecule has 1 fully saturated rings. The number of nitrogens with one attached hydrogen (secondary N) is 1. The number of rotatable bonds is 5. The zero-order chi connectivity index (χ0) is 13.1. The highest BCUT2D eigenvalue weighted by atomic mass is 127. The van der Waals surface area contributed by atoms with E-state index in [0.29, 0.717) is 11.8 Å². The van der Waals surface area contributed by atoms with Gasteiger partial charge in [-0.3, -0.25) is 0 Å². The van der Waals surface area contributed by atoms with Crippen LogP contribution >= 0.6 is 22.6 Å². The van der Waals surface area contributed by atoms with E-state index in [2.05, 4.69) is 48.7 Å². The molecule has 0 bridgehead atoms. The van der Waals surface area contributed by atoms with Crippen LogP contribution in [-0.4, -0.2) is 16.5 Å². The quantitative estimate of drug-likeness (QED) is 0.809. The van der Waals surface area contributed by atoms with Gasteiger partial charge in [-0.2, -0.15) is 0 Å². The number of aromatic nitrogens is 2. The van der Waals surface area contributed by atoms with Crippen LogP contribution in [0.5, 0.6) is 0 Å². The summed E-state index contributed by atoms with van der Waals surface area (Å²) in [5.74, 6) is 3.33. The maximum Gasteiger partial charge on any atom is 0.143 e. The number of nitrogens with zero attached hydrogens (tertiary/aromatic N) is 2. The maximum absolute atomic E-state index is 4.82. The lowest BCUT2D eigenvalue weighted by Crippen LogP contribution is -2.17. The fraction of sp³-hybridized carbons (Fsp3) is 0.714. The lowest BCUT2D eigenvalue weighted by Gasteiger charge is -2.25. The average molecular weight is 359 g/mol. The minimum Gasteiger partial charge on any atom is -0.369 e. The summed E-state index contributed by atoms with van der Waals surface area (Å²) < 4.78 is 1.20. The van der Waals surface area contributed by atoms with Gasteiger partial charge < -0.3 is 5.32 Å². The predicted molar refractivity (Wildman–Crippen MR) is 84.0 cm³/mol. The smallest absolute Gasteiger partial charge is 0.143 e. The van der Waals surface area contributed by atoms with Crippen molar-refractivity contribution in [2.24, 2.45) is 5.92 Å². The van der Waals surface area contributed by atoms with Crippen molar-refractivity contribution in [3.05, 3.63) is 15.1 Å². The Morgan fingerprint density at radius 3 is 2.56 bits per heavy atom. The molecule has 18 heavy (non-hydrogen) atoms. The molecule has 1 aromatic rings. The van der Waals surface area contributed by atoms with Crippen molar-refractivity contribution in [3.63, 3.8) is 0 Å². The van der Waals surface area contributed by atoms with E-state index in [1.54, 1.807) is 0 Å². The molecule has 100 valence electrons. The molecule has 0 aromatic carbocycles. The van der Waals surface area contributed by atoms with Gasteiger partial charge in [-0.25, -0.2) is 9.97 Å². The Morgan fingerprint density at radius 1 is 1.33 bits per heavy atom. The molecule has 1 aliphatic carbocycles. The Labute approximate surface area is 123 Å². The molecule has 0 radical (unpaired) electrons. The molecule has 1 aromatic heterocycles. The van der Waals surface area contributed by atoms with Crippen LogP contribution in [0, 0.1) is 9.49 Å². The third-order valence-electron chi connectivity index (χ3n) is 3.35. The minimum atomic E-state index is 0.602. The van der Waals surface area contributed by atoms with Gasteiger partial charge in [-0.15, -0.1) is 0 Å². The Balaban J connectivity index is 2.33. The first-order chi connectivity index (χ1) is 8.61. The molecule has 0 atom stereocenters. The van der Waals surface area contributed by atoms with Gasteiger partial charge in [0, 0.05) is 12.5 Å². The average Bonchev–Trinajstić information content (AvgIpc) is 2.21. The Morgan fingerprint density at radius 2 is 2.06 bits per heavy atom. The second kappa shape index (κ2) is 6.17. The summed E-state index contributed by atoms with van der Waals surface area (Å²) >= 11 is 2.38. The Bertz CT molecular complexity index is 414. The van der Waals surface area contributed by atoms with Crippen molar-refractivity contribution in [2.75, 3.05) is 11.9 Å². The van der Waals surface area contributed by atoms with Gasteiger partial charge >= 0.3 is 0 Å². The third-order valence-corrected chi connectivity index (χ3v) is 4.49. The molecule has 2 rings (SSSR count). The summed E-state index contributed by atoms with van der Waals surface area (Å²) in [5, 5.41) is 3.37. The summed E-state index contributed by atoms with van der Waals surface area (Å²) in [7, 11) is 0. The molecule has 0 aliphatic heterocycles. The molecule has 1 heterocycles. The highest BCUT2D eigenvalue weighted by Gasteiger charge is 2.24. The van der Waals surface area contributed by atoms with Gasteiger partial charge in [-0.05, 0) is 54.7 Å². The van der Waals surface area contributed by atoms with Gasteiger partial charge in [0.2, 0.25) is 0 Å². The van der Waals surface area contributed by atoms with Crippen molar-refractivity contribution < 1.29 is 0 Å². The fourth-order valence-electron chi connectivity index (χ4n) is 2.17. The van der Waals surface area contributed by atoms with Gasteiger partial charge in [-0.1, -0.05) is 20.3 Å². The van der Waals surface area contributed by atoms with Crippen LogP contribution in [0.25, 0.3) is 0 Å². The Kier molecular flexibility index (Phi) is 4.81. The Hall–Kier alpha value is -0.390. The molecular formula is C14H22IN3. The van der Waals surface area contributed by atoms with E-state index in [0.717, 1.165) is 24.6 Å². The van der Waals surface area contributed by atoms with Crippen molar-refractivity contribution in [3.8, 4) is 0 Å². The lowest BCUT2D eigenvalue weighted by molar-refractivity contribution is 0.399. The van der Waals surface area contributed by atoms with Gasteiger partial charge in [0.15, 0.2) is 0 Å². The topological polar surface area (TPSA) is 37.8 Å². The van der Waals surface area contributed by atoms with Crippen LogP contribution in [0.4, 0.5) is 5.82 Å². The number of anilines is 1. The van der Waals surface area contributed by atoms with Crippen molar-refractivity contribution in [1.82, 2.24) is 9.97 Å². The monoisotopic (exact) mass is 359 g/mol. The van der Waals surface area contributed by atoms with Crippen LogP contribution in [0.15, 0.2) is 0 Å². The zero-order valence-corrected chi connectivity index (χ0v) is 13.6. The largest absolute Gasteiger partial charge is 0.369 e. The first-order valence-electron chi connectivity index (χ1n) is 6.92. The van der Waals surface area contributed by atoms with Crippen LogP contribution in [0.1, 0.15) is 57.5 Å². The zero-order valence-electron chi connectivity index (χ0n) is 11.5. The van der Waals surface area contributed by atoms with Crippen molar-refractivity contribution >= 4 is 28.4 Å². The summed E-state index contributed by atoms with van der Waals surface area (Å²) in [4.78, 5) is 9.54. The van der Waals surface area contributed by atoms with E-state index in [1.165, 1.54) is 28.5 Å². The van der Waals surface area contributed by atoms with Crippen molar-refractivity contribution in [1.29, 1.82) is 0 Å². The molecule has 3 nitrogen and oxygen atoms in total. The molecule has 1 aliphatic rings. The summed E-state index contributed by atoms with van der Waals surface area (Å²) in [5.41, 5.74) is 1.22. The summed E-state index contributed by atoms with van der Waals surface area (Å²) in [6.07, 6.45) is 4.88. The molecule has 0 spiro atoms. The first kappa shape index (κ1) is 14.0. The van der Waals surface area contributed by atoms with Gasteiger partial charge in [0.1, 0.15) is 11.6 Å². The predicted octanol–water partition coefficient (Wildman–Crippen LogP) is 3.98. The van der Waals surface area contributed by atoms with E-state index in [1.807, 2.05) is 0 Å². The van der Waals surface area contributed by atoms with Gasteiger partial charge in [0.25, 0.3) is 0 Å². The second-order valence-electron chi connectivity index (χ2n) is 5.45. The number of halogens is 1. The van der Waals surface area contributed by atoms with Crippen LogP contribution < -0.4 is 5.32 Å². The normalized spacial score (nSPS) is 15.8. The maximum atomic E-state index is 4.82. The molecule has 0 amide bonds.